The second kappa shape index (κ2) is 8.22. The third-order valence-corrected chi connectivity index (χ3v) is 4.31. The summed E-state index contributed by atoms with van der Waals surface area (Å²) in [4.78, 5) is 17.3. The molecule has 0 atom stereocenters. The van der Waals surface area contributed by atoms with Crippen LogP contribution < -0.4 is 4.74 Å². The first-order chi connectivity index (χ1) is 11.1. The molecule has 0 saturated heterocycles. The summed E-state index contributed by atoms with van der Waals surface area (Å²) in [6, 6.07) is 9.72. The molecular formula is C17H18ClNO3S. The Hall–Kier alpha value is -1.72. The zero-order valence-corrected chi connectivity index (χ0v) is 14.8. The lowest BCUT2D eigenvalue weighted by Crippen LogP contribution is -2.11. The van der Waals surface area contributed by atoms with Crippen molar-refractivity contribution in [3.05, 3.63) is 52.3 Å². The molecule has 0 aliphatic rings. The molecule has 0 saturated carbocycles. The number of thioether (sulfide) groups is 1. The van der Waals surface area contributed by atoms with Gasteiger partial charge in [0.25, 0.3) is 0 Å². The standard InChI is InChI=1S/C17H18ClNO3S/c1-4-21-17(20)13-14(15(23-3)11(2)19-16(13)18)22-10-12-8-6-5-7-9-12/h5-9H,4,10H2,1-3H3. The fourth-order valence-corrected chi connectivity index (χ4v) is 3.09. The maximum atomic E-state index is 12.2. The van der Waals surface area contributed by atoms with Gasteiger partial charge in [-0.3, -0.25) is 0 Å². The van der Waals surface area contributed by atoms with Gasteiger partial charge in [-0.25, -0.2) is 9.78 Å². The van der Waals surface area contributed by atoms with Crippen molar-refractivity contribution in [2.45, 2.75) is 25.3 Å². The summed E-state index contributed by atoms with van der Waals surface area (Å²) < 4.78 is 11.0. The minimum Gasteiger partial charge on any atom is -0.487 e. The topological polar surface area (TPSA) is 48.4 Å². The summed E-state index contributed by atoms with van der Waals surface area (Å²) in [5.41, 5.74) is 1.90. The number of carbonyl (C=O) groups is 1. The summed E-state index contributed by atoms with van der Waals surface area (Å²) in [5, 5.41) is 0.0989. The van der Waals surface area contributed by atoms with Gasteiger partial charge in [0.1, 0.15) is 17.3 Å². The molecule has 23 heavy (non-hydrogen) atoms. The molecule has 0 aliphatic heterocycles. The average Bonchev–Trinajstić information content (AvgIpc) is 2.53. The van der Waals surface area contributed by atoms with Crippen molar-refractivity contribution in [1.82, 2.24) is 4.98 Å². The Morgan fingerprint density at radius 1 is 1.30 bits per heavy atom. The monoisotopic (exact) mass is 351 g/mol. The second-order valence-corrected chi connectivity index (χ2v) is 5.89. The van der Waals surface area contributed by atoms with Crippen LogP contribution in [0.2, 0.25) is 5.15 Å². The number of ether oxygens (including phenoxy) is 2. The van der Waals surface area contributed by atoms with E-state index in [-0.39, 0.29) is 17.3 Å². The predicted octanol–water partition coefficient (Wildman–Crippen LogP) is 4.52. The Labute approximate surface area is 145 Å². The predicted molar refractivity (Wildman–Crippen MR) is 92.5 cm³/mol. The lowest BCUT2D eigenvalue weighted by atomic mass is 10.2. The zero-order valence-electron chi connectivity index (χ0n) is 13.3. The van der Waals surface area contributed by atoms with E-state index in [1.807, 2.05) is 43.5 Å². The van der Waals surface area contributed by atoms with Crippen LogP contribution in [0.15, 0.2) is 35.2 Å². The van der Waals surface area contributed by atoms with Crippen molar-refractivity contribution < 1.29 is 14.3 Å². The Kier molecular flexibility index (Phi) is 6.30. The minimum absolute atomic E-state index is 0.0989. The zero-order chi connectivity index (χ0) is 16.8. The summed E-state index contributed by atoms with van der Waals surface area (Å²) >= 11 is 7.64. The number of aryl methyl sites for hydroxylation is 1. The molecule has 122 valence electrons. The minimum atomic E-state index is -0.525. The molecule has 1 aromatic carbocycles. The van der Waals surface area contributed by atoms with Gasteiger partial charge in [0, 0.05) is 0 Å². The van der Waals surface area contributed by atoms with Crippen LogP contribution in [0, 0.1) is 6.92 Å². The number of halogens is 1. The van der Waals surface area contributed by atoms with Crippen LogP contribution in [-0.2, 0) is 11.3 Å². The number of esters is 1. The largest absolute Gasteiger partial charge is 0.487 e. The number of aromatic nitrogens is 1. The molecule has 0 radical (unpaired) electrons. The SMILES string of the molecule is CCOC(=O)c1c(Cl)nc(C)c(SC)c1OCc1ccccc1. The first-order valence-corrected chi connectivity index (χ1v) is 8.76. The van der Waals surface area contributed by atoms with E-state index in [0.29, 0.717) is 12.4 Å². The Morgan fingerprint density at radius 2 is 2.00 bits per heavy atom. The van der Waals surface area contributed by atoms with E-state index in [1.165, 1.54) is 11.8 Å². The van der Waals surface area contributed by atoms with Gasteiger partial charge in [-0.05, 0) is 25.7 Å². The maximum Gasteiger partial charge on any atom is 0.345 e. The highest BCUT2D eigenvalue weighted by molar-refractivity contribution is 7.98. The van der Waals surface area contributed by atoms with Crippen molar-refractivity contribution in [2.24, 2.45) is 0 Å². The molecule has 0 amide bonds. The van der Waals surface area contributed by atoms with Crippen molar-refractivity contribution in [1.29, 1.82) is 0 Å². The molecule has 0 aliphatic carbocycles. The van der Waals surface area contributed by atoms with E-state index in [9.17, 15) is 4.79 Å². The van der Waals surface area contributed by atoms with Gasteiger partial charge in [-0.1, -0.05) is 41.9 Å². The molecule has 0 unspecified atom stereocenters. The van der Waals surface area contributed by atoms with E-state index in [2.05, 4.69) is 4.98 Å². The van der Waals surface area contributed by atoms with Crippen molar-refractivity contribution >= 4 is 29.3 Å². The smallest absolute Gasteiger partial charge is 0.345 e. The average molecular weight is 352 g/mol. The van der Waals surface area contributed by atoms with E-state index in [0.717, 1.165) is 16.2 Å². The Bertz CT molecular complexity index is 692. The highest BCUT2D eigenvalue weighted by atomic mass is 35.5. The lowest BCUT2D eigenvalue weighted by Gasteiger charge is -2.16. The van der Waals surface area contributed by atoms with E-state index in [1.54, 1.807) is 6.92 Å². The first-order valence-electron chi connectivity index (χ1n) is 7.16. The molecule has 0 N–H and O–H groups in total. The summed E-state index contributed by atoms with van der Waals surface area (Å²) in [6.07, 6.45) is 1.90. The maximum absolute atomic E-state index is 12.2. The second-order valence-electron chi connectivity index (χ2n) is 4.72. The normalized spacial score (nSPS) is 10.4. The Morgan fingerprint density at radius 3 is 2.61 bits per heavy atom. The third kappa shape index (κ3) is 4.18. The number of rotatable bonds is 6. The molecule has 2 rings (SSSR count). The van der Waals surface area contributed by atoms with Gasteiger partial charge >= 0.3 is 5.97 Å². The van der Waals surface area contributed by atoms with Gasteiger partial charge in [0.05, 0.1) is 17.2 Å². The molecule has 4 nitrogen and oxygen atoms in total. The van der Waals surface area contributed by atoms with E-state index >= 15 is 0 Å². The van der Waals surface area contributed by atoms with Crippen LogP contribution in [0.3, 0.4) is 0 Å². The molecule has 2 aromatic rings. The van der Waals surface area contributed by atoms with Crippen LogP contribution in [0.1, 0.15) is 28.5 Å². The Balaban J connectivity index is 2.42. The van der Waals surface area contributed by atoms with Crippen LogP contribution in [0.4, 0.5) is 0 Å². The van der Waals surface area contributed by atoms with E-state index in [4.69, 9.17) is 21.1 Å². The molecule has 0 spiro atoms. The van der Waals surface area contributed by atoms with Crippen molar-refractivity contribution in [3.63, 3.8) is 0 Å². The third-order valence-electron chi connectivity index (χ3n) is 3.14. The van der Waals surface area contributed by atoms with E-state index < -0.39 is 5.97 Å². The highest BCUT2D eigenvalue weighted by Crippen LogP contribution is 2.37. The molecule has 6 heteroatoms. The van der Waals surface area contributed by atoms with Gasteiger partial charge in [0.15, 0.2) is 5.75 Å². The molecular weight excluding hydrogens is 334 g/mol. The first kappa shape index (κ1) is 17.6. The van der Waals surface area contributed by atoms with Gasteiger partial charge in [-0.15, -0.1) is 11.8 Å². The van der Waals surface area contributed by atoms with Crippen LogP contribution in [0.5, 0.6) is 5.75 Å². The molecule has 1 aromatic heterocycles. The molecule has 0 fully saturated rings. The van der Waals surface area contributed by atoms with Crippen molar-refractivity contribution in [3.8, 4) is 5.75 Å². The summed E-state index contributed by atoms with van der Waals surface area (Å²) in [5.74, 6) is -0.0966. The summed E-state index contributed by atoms with van der Waals surface area (Å²) in [7, 11) is 0. The fourth-order valence-electron chi connectivity index (χ4n) is 2.11. The number of carbonyl (C=O) groups excluding carboxylic acids is 1. The van der Waals surface area contributed by atoms with Crippen LogP contribution in [0.25, 0.3) is 0 Å². The van der Waals surface area contributed by atoms with Crippen LogP contribution in [-0.4, -0.2) is 23.8 Å². The summed E-state index contributed by atoms with van der Waals surface area (Å²) in [6.45, 7) is 4.17. The lowest BCUT2D eigenvalue weighted by molar-refractivity contribution is 0.0520. The van der Waals surface area contributed by atoms with Gasteiger partial charge in [0.2, 0.25) is 0 Å². The quantitative estimate of drug-likeness (QED) is 0.435. The van der Waals surface area contributed by atoms with Crippen molar-refractivity contribution in [2.75, 3.05) is 12.9 Å². The van der Waals surface area contributed by atoms with Gasteiger partial charge in [-0.2, -0.15) is 0 Å². The number of pyridine rings is 1. The number of nitrogens with zero attached hydrogens (tertiary/aromatic N) is 1. The molecule has 0 bridgehead atoms. The van der Waals surface area contributed by atoms with Crippen LogP contribution >= 0.6 is 23.4 Å². The fraction of sp³-hybridized carbons (Fsp3) is 0.294. The molecule has 1 heterocycles. The number of benzene rings is 1. The highest BCUT2D eigenvalue weighted by Gasteiger charge is 2.24. The van der Waals surface area contributed by atoms with Gasteiger partial charge < -0.3 is 9.47 Å². The number of hydrogen-bond donors (Lipinski definition) is 0. The number of hydrogen-bond acceptors (Lipinski definition) is 5.